The molecule has 0 saturated carbocycles. The van der Waals surface area contributed by atoms with E-state index in [0.29, 0.717) is 44.3 Å². The maximum Gasteiger partial charge on any atom is 0.220 e. The summed E-state index contributed by atoms with van der Waals surface area (Å²) in [6, 6.07) is 6.61. The van der Waals surface area contributed by atoms with E-state index in [0.717, 1.165) is 31.5 Å². The number of piperidine rings is 1. The summed E-state index contributed by atoms with van der Waals surface area (Å²) in [6.45, 7) is 5.43. The Balaban J connectivity index is 1.68. The molecule has 0 aliphatic carbocycles. The Labute approximate surface area is 149 Å². The van der Waals surface area contributed by atoms with Gasteiger partial charge >= 0.3 is 0 Å². The molecule has 2 N–H and O–H groups in total. The van der Waals surface area contributed by atoms with Crippen LogP contribution in [0.5, 0.6) is 0 Å². The van der Waals surface area contributed by atoms with Crippen molar-refractivity contribution in [3.05, 3.63) is 35.6 Å². The number of carbonyl (C=O) groups excluding carboxylic acids is 1. The number of halogens is 1. The molecule has 2 aliphatic rings. The molecule has 2 aliphatic heterocycles. The number of benzene rings is 1. The minimum atomic E-state index is -0.509. The van der Waals surface area contributed by atoms with Crippen LogP contribution in [0.25, 0.3) is 0 Å². The van der Waals surface area contributed by atoms with Crippen LogP contribution in [0.3, 0.4) is 0 Å². The van der Waals surface area contributed by atoms with Gasteiger partial charge in [-0.25, -0.2) is 4.39 Å². The Bertz CT molecular complexity index is 581. The normalized spacial score (nSPS) is 22.3. The first-order valence-electron chi connectivity index (χ1n) is 9.45. The molecule has 2 fully saturated rings. The smallest absolute Gasteiger partial charge is 0.220 e. The molecule has 1 amide bonds. The van der Waals surface area contributed by atoms with Crippen LogP contribution in [-0.4, -0.2) is 32.2 Å². The van der Waals surface area contributed by atoms with Gasteiger partial charge in [0.25, 0.3) is 0 Å². The maximum absolute atomic E-state index is 13.7. The average molecular weight is 348 g/mol. The van der Waals surface area contributed by atoms with Gasteiger partial charge in [0.05, 0.1) is 5.54 Å². The third kappa shape index (κ3) is 4.59. The van der Waals surface area contributed by atoms with Crippen molar-refractivity contribution in [1.29, 1.82) is 0 Å². The van der Waals surface area contributed by atoms with E-state index in [1.165, 1.54) is 6.07 Å². The van der Waals surface area contributed by atoms with Crippen molar-refractivity contribution < 1.29 is 13.9 Å². The highest BCUT2D eigenvalue weighted by atomic mass is 19.1. The van der Waals surface area contributed by atoms with E-state index in [1.54, 1.807) is 12.1 Å². The molecular weight excluding hydrogens is 319 g/mol. The molecular formula is C20H29FN2O2. The molecule has 0 bridgehead atoms. The van der Waals surface area contributed by atoms with E-state index in [1.807, 2.05) is 6.07 Å². The lowest BCUT2D eigenvalue weighted by atomic mass is 9.81. The van der Waals surface area contributed by atoms with Gasteiger partial charge in [-0.1, -0.05) is 19.1 Å². The van der Waals surface area contributed by atoms with Gasteiger partial charge in [-0.3, -0.25) is 4.79 Å². The molecule has 4 nitrogen and oxygen atoms in total. The quantitative estimate of drug-likeness (QED) is 0.860. The van der Waals surface area contributed by atoms with Gasteiger partial charge in [0.15, 0.2) is 0 Å². The minimum Gasteiger partial charge on any atom is -0.381 e. The van der Waals surface area contributed by atoms with Gasteiger partial charge in [-0.15, -0.1) is 0 Å². The van der Waals surface area contributed by atoms with Crippen molar-refractivity contribution >= 4 is 5.91 Å². The van der Waals surface area contributed by atoms with Crippen LogP contribution in [0.15, 0.2) is 24.3 Å². The summed E-state index contributed by atoms with van der Waals surface area (Å²) in [6.07, 6.45) is 4.17. The summed E-state index contributed by atoms with van der Waals surface area (Å²) in [5.74, 6) is 0.774. The molecule has 3 rings (SSSR count). The van der Waals surface area contributed by atoms with E-state index in [9.17, 15) is 9.18 Å². The summed E-state index contributed by atoms with van der Waals surface area (Å²) in [7, 11) is 0. The number of hydrogen-bond donors (Lipinski definition) is 2. The van der Waals surface area contributed by atoms with Crippen LogP contribution in [0.2, 0.25) is 0 Å². The lowest BCUT2D eigenvalue weighted by molar-refractivity contribution is -0.125. The van der Waals surface area contributed by atoms with Crippen molar-refractivity contribution in [2.45, 2.75) is 44.6 Å². The van der Waals surface area contributed by atoms with E-state index >= 15 is 0 Å². The summed E-state index contributed by atoms with van der Waals surface area (Å²) in [4.78, 5) is 12.8. The molecule has 0 radical (unpaired) electrons. The van der Waals surface area contributed by atoms with Gasteiger partial charge in [-0.2, -0.15) is 0 Å². The van der Waals surface area contributed by atoms with Crippen LogP contribution in [0.4, 0.5) is 4.39 Å². The van der Waals surface area contributed by atoms with Crippen molar-refractivity contribution in [3.63, 3.8) is 0 Å². The topological polar surface area (TPSA) is 50.4 Å². The Kier molecular flexibility index (Phi) is 6.07. The first-order chi connectivity index (χ1) is 12.1. The molecule has 2 saturated heterocycles. The molecule has 5 heteroatoms. The van der Waals surface area contributed by atoms with E-state index in [-0.39, 0.29) is 11.7 Å². The Morgan fingerprint density at radius 1 is 1.36 bits per heavy atom. The van der Waals surface area contributed by atoms with E-state index < -0.39 is 5.54 Å². The second-order valence-corrected chi connectivity index (χ2v) is 7.52. The van der Waals surface area contributed by atoms with Crippen molar-refractivity contribution in [2.24, 2.45) is 11.8 Å². The third-order valence-electron chi connectivity index (χ3n) is 5.80. The maximum atomic E-state index is 13.7. The SMILES string of the molecule is CC(CC(=O)NC1(c2cccc(F)c2)CCOCC1)C1CCNCC1. The van der Waals surface area contributed by atoms with Crippen LogP contribution in [0, 0.1) is 17.7 Å². The highest BCUT2D eigenvalue weighted by molar-refractivity contribution is 5.77. The summed E-state index contributed by atoms with van der Waals surface area (Å²) in [5.41, 5.74) is 0.337. The summed E-state index contributed by atoms with van der Waals surface area (Å²) in [5, 5.41) is 6.62. The first kappa shape index (κ1) is 18.3. The number of rotatable bonds is 5. The zero-order chi connectivity index (χ0) is 17.7. The molecule has 138 valence electrons. The van der Waals surface area contributed by atoms with Crippen LogP contribution in [0.1, 0.15) is 44.6 Å². The molecule has 1 unspecified atom stereocenters. The Morgan fingerprint density at radius 2 is 2.08 bits per heavy atom. The zero-order valence-corrected chi connectivity index (χ0v) is 15.0. The average Bonchev–Trinajstić information content (AvgIpc) is 2.63. The Morgan fingerprint density at radius 3 is 2.76 bits per heavy atom. The monoisotopic (exact) mass is 348 g/mol. The highest BCUT2D eigenvalue weighted by Gasteiger charge is 2.36. The predicted molar refractivity (Wildman–Crippen MR) is 95.6 cm³/mol. The van der Waals surface area contributed by atoms with E-state index in [4.69, 9.17) is 4.74 Å². The van der Waals surface area contributed by atoms with Gasteiger partial charge in [-0.05, 0) is 68.3 Å². The van der Waals surface area contributed by atoms with Gasteiger partial charge in [0.1, 0.15) is 5.82 Å². The van der Waals surface area contributed by atoms with Gasteiger partial charge in [0.2, 0.25) is 5.91 Å². The molecule has 1 aromatic rings. The highest BCUT2D eigenvalue weighted by Crippen LogP contribution is 2.33. The fourth-order valence-electron chi connectivity index (χ4n) is 4.18. The number of ether oxygens (including phenoxy) is 1. The second-order valence-electron chi connectivity index (χ2n) is 7.52. The van der Waals surface area contributed by atoms with Crippen LogP contribution >= 0.6 is 0 Å². The second kappa shape index (κ2) is 8.28. The molecule has 2 heterocycles. The lowest BCUT2D eigenvalue weighted by Crippen LogP contribution is -2.50. The fraction of sp³-hybridized carbons (Fsp3) is 0.650. The Hall–Kier alpha value is -1.46. The summed E-state index contributed by atoms with van der Waals surface area (Å²) >= 11 is 0. The van der Waals surface area contributed by atoms with Crippen molar-refractivity contribution in [2.75, 3.05) is 26.3 Å². The fourth-order valence-corrected chi connectivity index (χ4v) is 4.18. The first-order valence-corrected chi connectivity index (χ1v) is 9.45. The standard InChI is InChI=1S/C20H29FN2O2/c1-15(16-5-9-22-10-6-16)13-19(24)23-20(7-11-25-12-8-20)17-3-2-4-18(21)14-17/h2-4,14-16,22H,5-13H2,1H3,(H,23,24). The van der Waals surface area contributed by atoms with Crippen LogP contribution < -0.4 is 10.6 Å². The molecule has 25 heavy (non-hydrogen) atoms. The zero-order valence-electron chi connectivity index (χ0n) is 15.0. The third-order valence-corrected chi connectivity index (χ3v) is 5.80. The largest absolute Gasteiger partial charge is 0.381 e. The predicted octanol–water partition coefficient (Wildman–Crippen LogP) is 2.97. The molecule has 0 spiro atoms. The van der Waals surface area contributed by atoms with Gasteiger partial charge in [0, 0.05) is 19.6 Å². The number of amides is 1. The number of hydrogen-bond acceptors (Lipinski definition) is 3. The molecule has 1 aromatic carbocycles. The molecule has 0 aromatic heterocycles. The van der Waals surface area contributed by atoms with E-state index in [2.05, 4.69) is 17.6 Å². The minimum absolute atomic E-state index is 0.0668. The van der Waals surface area contributed by atoms with Gasteiger partial charge < -0.3 is 15.4 Å². The van der Waals surface area contributed by atoms with Crippen molar-refractivity contribution in [1.82, 2.24) is 10.6 Å². The van der Waals surface area contributed by atoms with Crippen LogP contribution in [-0.2, 0) is 15.1 Å². The number of nitrogens with one attached hydrogen (secondary N) is 2. The number of carbonyl (C=O) groups is 1. The molecule has 1 atom stereocenters. The lowest BCUT2D eigenvalue weighted by Gasteiger charge is -2.39. The van der Waals surface area contributed by atoms with Crippen molar-refractivity contribution in [3.8, 4) is 0 Å². The summed E-state index contributed by atoms with van der Waals surface area (Å²) < 4.78 is 19.2.